The molecule has 3 nitrogen and oxygen atoms in total. The van der Waals surface area contributed by atoms with Crippen LogP contribution in [0, 0.1) is 5.41 Å². The minimum atomic E-state index is -0.536. The minimum Gasteiger partial charge on any atom is -0.325 e. The Hall–Kier alpha value is -2.13. The van der Waals surface area contributed by atoms with E-state index < -0.39 is 6.04 Å². The van der Waals surface area contributed by atoms with Gasteiger partial charge in [0.05, 0.1) is 6.04 Å². The number of hydrogen-bond donors (Lipinski definition) is 2. The number of carbonyl (C=O) groups excluding carboxylic acids is 1. The highest BCUT2D eigenvalue weighted by Gasteiger charge is 2.27. The maximum Gasteiger partial charge on any atom is 0.241 e. The Morgan fingerprint density at radius 2 is 1.48 bits per heavy atom. The lowest BCUT2D eigenvalue weighted by Crippen LogP contribution is -2.45. The molecule has 1 atom stereocenters. The predicted octanol–water partition coefficient (Wildman–Crippen LogP) is 3.67. The van der Waals surface area contributed by atoms with E-state index >= 15 is 0 Å². The van der Waals surface area contributed by atoms with Crippen molar-refractivity contribution in [2.45, 2.75) is 26.8 Å². The van der Waals surface area contributed by atoms with Crippen LogP contribution in [-0.4, -0.2) is 11.9 Å². The monoisotopic (exact) mass is 282 g/mol. The van der Waals surface area contributed by atoms with Gasteiger partial charge in [-0.1, -0.05) is 63.2 Å². The van der Waals surface area contributed by atoms with E-state index in [1.54, 1.807) is 0 Å². The van der Waals surface area contributed by atoms with E-state index in [0.29, 0.717) is 0 Å². The highest BCUT2D eigenvalue weighted by Crippen LogP contribution is 2.22. The Labute approximate surface area is 126 Å². The Bertz CT molecular complexity index is 597. The Morgan fingerprint density at radius 1 is 0.952 bits per heavy atom. The third-order valence-electron chi connectivity index (χ3n) is 3.48. The SMILES string of the molecule is CC(C)(C)C(N)C(=O)Nc1ccc(-c2ccccc2)cc1. The lowest BCUT2D eigenvalue weighted by Gasteiger charge is -2.25. The van der Waals surface area contributed by atoms with E-state index in [0.717, 1.165) is 16.8 Å². The van der Waals surface area contributed by atoms with Crippen LogP contribution in [0.3, 0.4) is 0 Å². The van der Waals surface area contributed by atoms with Gasteiger partial charge in [0.25, 0.3) is 0 Å². The first-order valence-electron chi connectivity index (χ1n) is 7.10. The van der Waals surface area contributed by atoms with Crippen LogP contribution in [0.15, 0.2) is 54.6 Å². The van der Waals surface area contributed by atoms with Gasteiger partial charge < -0.3 is 11.1 Å². The molecule has 1 unspecified atom stereocenters. The van der Waals surface area contributed by atoms with Crippen LogP contribution in [0.4, 0.5) is 5.69 Å². The molecule has 21 heavy (non-hydrogen) atoms. The molecule has 2 aromatic carbocycles. The molecule has 0 aliphatic rings. The smallest absolute Gasteiger partial charge is 0.241 e. The number of carbonyl (C=O) groups is 1. The van der Waals surface area contributed by atoms with Gasteiger partial charge in [-0.25, -0.2) is 0 Å². The summed E-state index contributed by atoms with van der Waals surface area (Å²) in [7, 11) is 0. The van der Waals surface area contributed by atoms with Crippen molar-refractivity contribution in [1.82, 2.24) is 0 Å². The molecule has 0 radical (unpaired) electrons. The third-order valence-corrected chi connectivity index (χ3v) is 3.48. The molecule has 2 aromatic rings. The first-order chi connectivity index (χ1) is 9.88. The van der Waals surface area contributed by atoms with E-state index in [4.69, 9.17) is 5.73 Å². The highest BCUT2D eigenvalue weighted by molar-refractivity contribution is 5.95. The summed E-state index contributed by atoms with van der Waals surface area (Å²) < 4.78 is 0. The van der Waals surface area contributed by atoms with Gasteiger partial charge in [-0.3, -0.25) is 4.79 Å². The number of benzene rings is 2. The van der Waals surface area contributed by atoms with Crippen molar-refractivity contribution >= 4 is 11.6 Å². The Morgan fingerprint density at radius 3 is 2.00 bits per heavy atom. The van der Waals surface area contributed by atoms with Crippen molar-refractivity contribution in [2.24, 2.45) is 11.1 Å². The predicted molar refractivity (Wildman–Crippen MR) is 87.9 cm³/mol. The topological polar surface area (TPSA) is 55.1 Å². The molecular formula is C18H22N2O. The van der Waals surface area contributed by atoms with Gasteiger partial charge in [0, 0.05) is 5.69 Å². The molecule has 2 rings (SSSR count). The fourth-order valence-electron chi connectivity index (χ4n) is 1.99. The summed E-state index contributed by atoms with van der Waals surface area (Å²) in [5.41, 5.74) is 8.73. The molecule has 3 N–H and O–H groups in total. The maximum absolute atomic E-state index is 12.1. The average Bonchev–Trinajstić information content (AvgIpc) is 2.47. The van der Waals surface area contributed by atoms with Gasteiger partial charge in [-0.2, -0.15) is 0 Å². The number of nitrogens with two attached hydrogens (primary N) is 1. The molecule has 110 valence electrons. The zero-order valence-electron chi connectivity index (χ0n) is 12.8. The molecule has 0 aliphatic carbocycles. The van der Waals surface area contributed by atoms with Crippen molar-refractivity contribution < 1.29 is 4.79 Å². The fourth-order valence-corrected chi connectivity index (χ4v) is 1.99. The van der Waals surface area contributed by atoms with Gasteiger partial charge in [-0.05, 0) is 28.7 Å². The number of amides is 1. The van der Waals surface area contributed by atoms with Crippen LogP contribution in [0.5, 0.6) is 0 Å². The zero-order valence-corrected chi connectivity index (χ0v) is 12.8. The van der Waals surface area contributed by atoms with E-state index in [-0.39, 0.29) is 11.3 Å². The molecule has 0 saturated heterocycles. The van der Waals surface area contributed by atoms with Gasteiger partial charge >= 0.3 is 0 Å². The van der Waals surface area contributed by atoms with Crippen LogP contribution < -0.4 is 11.1 Å². The van der Waals surface area contributed by atoms with E-state index in [1.165, 1.54) is 0 Å². The van der Waals surface area contributed by atoms with Crippen LogP contribution >= 0.6 is 0 Å². The van der Waals surface area contributed by atoms with Gasteiger partial charge in [0.1, 0.15) is 0 Å². The average molecular weight is 282 g/mol. The minimum absolute atomic E-state index is 0.157. The largest absolute Gasteiger partial charge is 0.325 e. The summed E-state index contributed by atoms with van der Waals surface area (Å²) in [4.78, 5) is 12.1. The zero-order chi connectivity index (χ0) is 15.5. The van der Waals surface area contributed by atoms with Crippen molar-refractivity contribution in [3.63, 3.8) is 0 Å². The second-order valence-corrected chi connectivity index (χ2v) is 6.28. The Balaban J connectivity index is 2.08. The number of nitrogens with one attached hydrogen (secondary N) is 1. The summed E-state index contributed by atoms with van der Waals surface area (Å²) >= 11 is 0. The standard InChI is InChI=1S/C18H22N2O/c1-18(2,3)16(19)17(21)20-15-11-9-14(10-12-15)13-7-5-4-6-8-13/h4-12,16H,19H2,1-3H3,(H,20,21). The van der Waals surface area contributed by atoms with Crippen LogP contribution in [0.2, 0.25) is 0 Å². The molecule has 0 heterocycles. The van der Waals surface area contributed by atoms with Gasteiger partial charge in [0.15, 0.2) is 0 Å². The van der Waals surface area contributed by atoms with Gasteiger partial charge in [0.2, 0.25) is 5.91 Å². The summed E-state index contributed by atoms with van der Waals surface area (Å²) in [5, 5.41) is 2.86. The fraction of sp³-hybridized carbons (Fsp3) is 0.278. The van der Waals surface area contributed by atoms with Crippen LogP contribution in [0.25, 0.3) is 11.1 Å². The van der Waals surface area contributed by atoms with E-state index in [2.05, 4.69) is 17.4 Å². The van der Waals surface area contributed by atoms with Crippen molar-refractivity contribution in [3.05, 3.63) is 54.6 Å². The van der Waals surface area contributed by atoms with Crippen molar-refractivity contribution in [1.29, 1.82) is 0 Å². The van der Waals surface area contributed by atoms with Gasteiger partial charge in [-0.15, -0.1) is 0 Å². The normalized spacial score (nSPS) is 12.8. The first-order valence-corrected chi connectivity index (χ1v) is 7.10. The molecule has 0 aliphatic heterocycles. The first kappa shape index (κ1) is 15.3. The Kier molecular flexibility index (Phi) is 4.43. The van der Waals surface area contributed by atoms with E-state index in [9.17, 15) is 4.79 Å². The number of hydrogen-bond acceptors (Lipinski definition) is 2. The molecular weight excluding hydrogens is 260 g/mol. The summed E-state index contributed by atoms with van der Waals surface area (Å²) in [6, 6.07) is 17.4. The summed E-state index contributed by atoms with van der Waals surface area (Å²) in [6.07, 6.45) is 0. The van der Waals surface area contributed by atoms with Crippen LogP contribution in [-0.2, 0) is 4.79 Å². The molecule has 1 amide bonds. The quantitative estimate of drug-likeness (QED) is 0.902. The molecule has 0 fully saturated rings. The summed E-state index contributed by atoms with van der Waals surface area (Å²) in [6.45, 7) is 5.86. The molecule has 0 bridgehead atoms. The van der Waals surface area contributed by atoms with E-state index in [1.807, 2.05) is 63.2 Å². The molecule has 0 saturated carbocycles. The highest BCUT2D eigenvalue weighted by atomic mass is 16.2. The second kappa shape index (κ2) is 6.10. The maximum atomic E-state index is 12.1. The van der Waals surface area contributed by atoms with Crippen molar-refractivity contribution in [2.75, 3.05) is 5.32 Å². The van der Waals surface area contributed by atoms with Crippen LogP contribution in [0.1, 0.15) is 20.8 Å². The number of anilines is 1. The molecule has 3 heteroatoms. The second-order valence-electron chi connectivity index (χ2n) is 6.28. The van der Waals surface area contributed by atoms with Crippen molar-refractivity contribution in [3.8, 4) is 11.1 Å². The number of rotatable bonds is 3. The molecule has 0 aromatic heterocycles. The lowest BCUT2D eigenvalue weighted by molar-refractivity contribution is -0.119. The molecule has 0 spiro atoms. The third kappa shape index (κ3) is 3.92. The summed E-state index contributed by atoms with van der Waals surface area (Å²) in [5.74, 6) is -0.157. The lowest BCUT2D eigenvalue weighted by atomic mass is 9.87.